The van der Waals surface area contributed by atoms with Crippen LogP contribution in [0.25, 0.3) is 16.9 Å². The number of nitrogens with zero attached hydrogens (tertiary/aromatic N) is 3. The van der Waals surface area contributed by atoms with Crippen molar-refractivity contribution in [3.05, 3.63) is 77.3 Å². The van der Waals surface area contributed by atoms with E-state index in [1.165, 1.54) is 0 Å². The van der Waals surface area contributed by atoms with Gasteiger partial charge in [-0.15, -0.1) is 5.10 Å². The van der Waals surface area contributed by atoms with Crippen LogP contribution in [0.2, 0.25) is 5.02 Å². The van der Waals surface area contributed by atoms with Gasteiger partial charge in [-0.05, 0) is 68.5 Å². The lowest BCUT2D eigenvalue weighted by Gasteiger charge is -2.05. The number of anilines is 2. The van der Waals surface area contributed by atoms with Crippen molar-refractivity contribution in [3.8, 4) is 11.3 Å². The van der Waals surface area contributed by atoms with E-state index in [4.69, 9.17) is 11.6 Å². The van der Waals surface area contributed by atoms with Crippen molar-refractivity contribution < 1.29 is 4.79 Å². The third-order valence-electron chi connectivity index (χ3n) is 4.79. The zero-order chi connectivity index (χ0) is 20.9. The van der Waals surface area contributed by atoms with Gasteiger partial charge in [-0.3, -0.25) is 4.79 Å². The summed E-state index contributed by atoms with van der Waals surface area (Å²) < 4.78 is 1.80. The predicted octanol–water partition coefficient (Wildman–Crippen LogP) is 4.98. The van der Waals surface area contributed by atoms with Gasteiger partial charge in [-0.2, -0.15) is 4.98 Å². The lowest BCUT2D eigenvalue weighted by atomic mass is 10.1. The summed E-state index contributed by atoms with van der Waals surface area (Å²) in [4.78, 5) is 16.8. The number of hydrogen-bond acceptors (Lipinski definition) is 5. The summed E-state index contributed by atoms with van der Waals surface area (Å²) in [5, 5.41) is 11.6. The van der Waals surface area contributed by atoms with Gasteiger partial charge < -0.3 is 10.6 Å². The quantitative estimate of drug-likeness (QED) is 0.311. The molecule has 4 aromatic rings. The standard InChI is InChI=1S/C23H22ClN5O/c1-25-15-3-5-21(30)17-9-13-19(14-10-17)26-23-27-22-6-2-4-20(29(22)28-23)16-7-11-18(24)12-8-16/h2,4,6-14,25H,3,5,15H2,1H3,(H,26,28). The molecule has 30 heavy (non-hydrogen) atoms. The lowest BCUT2D eigenvalue weighted by molar-refractivity contribution is 0.0980. The number of ketones is 1. The molecule has 0 saturated heterocycles. The highest BCUT2D eigenvalue weighted by molar-refractivity contribution is 6.30. The number of pyridine rings is 1. The second kappa shape index (κ2) is 9.07. The van der Waals surface area contributed by atoms with Gasteiger partial charge in [0, 0.05) is 28.3 Å². The maximum absolute atomic E-state index is 12.2. The first-order chi connectivity index (χ1) is 14.6. The number of aromatic nitrogens is 3. The number of Topliss-reactive ketones (excluding diaryl/α,β-unsaturated/α-hetero) is 1. The summed E-state index contributed by atoms with van der Waals surface area (Å²) in [7, 11) is 1.89. The summed E-state index contributed by atoms with van der Waals surface area (Å²) in [5.41, 5.74) is 4.20. The van der Waals surface area contributed by atoms with Crippen LogP contribution >= 0.6 is 11.6 Å². The van der Waals surface area contributed by atoms with Gasteiger partial charge in [0.15, 0.2) is 11.4 Å². The van der Waals surface area contributed by atoms with E-state index in [2.05, 4.69) is 20.7 Å². The van der Waals surface area contributed by atoms with Crippen LogP contribution < -0.4 is 10.6 Å². The first-order valence-electron chi connectivity index (χ1n) is 9.80. The number of benzene rings is 2. The SMILES string of the molecule is CNCCCC(=O)c1ccc(Nc2nc3cccc(-c4ccc(Cl)cc4)n3n2)cc1. The average molecular weight is 420 g/mol. The summed E-state index contributed by atoms with van der Waals surface area (Å²) in [6, 6.07) is 20.9. The number of carbonyl (C=O) groups is 1. The highest BCUT2D eigenvalue weighted by Gasteiger charge is 2.10. The molecule has 2 N–H and O–H groups in total. The molecule has 4 rings (SSSR count). The first kappa shape index (κ1) is 20.1. The molecule has 0 saturated carbocycles. The fraction of sp³-hybridized carbons (Fsp3) is 0.174. The Balaban J connectivity index is 1.52. The maximum Gasteiger partial charge on any atom is 0.247 e. The van der Waals surface area contributed by atoms with Crippen LogP contribution in [0.5, 0.6) is 0 Å². The minimum Gasteiger partial charge on any atom is -0.323 e. The van der Waals surface area contributed by atoms with E-state index >= 15 is 0 Å². The third-order valence-corrected chi connectivity index (χ3v) is 5.05. The molecular formula is C23H22ClN5O. The van der Waals surface area contributed by atoms with Gasteiger partial charge in [0.1, 0.15) is 0 Å². The minimum absolute atomic E-state index is 0.148. The third kappa shape index (κ3) is 4.50. The summed E-state index contributed by atoms with van der Waals surface area (Å²) >= 11 is 6.01. The number of carbonyl (C=O) groups excluding carboxylic acids is 1. The number of rotatable bonds is 8. The topological polar surface area (TPSA) is 71.3 Å². The van der Waals surface area contributed by atoms with Crippen molar-refractivity contribution >= 4 is 34.7 Å². The van der Waals surface area contributed by atoms with Crippen molar-refractivity contribution in [3.63, 3.8) is 0 Å². The Bertz CT molecular complexity index is 1150. The monoisotopic (exact) mass is 419 g/mol. The molecule has 2 aromatic carbocycles. The molecule has 6 nitrogen and oxygen atoms in total. The Labute approximate surface area is 179 Å². The molecule has 152 valence electrons. The fourth-order valence-corrected chi connectivity index (χ4v) is 3.36. The molecule has 0 bridgehead atoms. The molecule has 2 heterocycles. The molecule has 0 aliphatic carbocycles. The zero-order valence-corrected chi connectivity index (χ0v) is 17.4. The molecule has 0 amide bonds. The van der Waals surface area contributed by atoms with Crippen LogP contribution in [0, 0.1) is 0 Å². The Morgan fingerprint density at radius 3 is 2.53 bits per heavy atom. The molecule has 0 spiro atoms. The van der Waals surface area contributed by atoms with Crippen molar-refractivity contribution in [1.29, 1.82) is 0 Å². The largest absolute Gasteiger partial charge is 0.323 e. The smallest absolute Gasteiger partial charge is 0.247 e. The Kier molecular flexibility index (Phi) is 6.07. The number of fused-ring (bicyclic) bond motifs is 1. The second-order valence-corrected chi connectivity index (χ2v) is 7.39. The van der Waals surface area contributed by atoms with Crippen LogP contribution in [0.4, 0.5) is 11.6 Å². The van der Waals surface area contributed by atoms with Crippen molar-refractivity contribution in [2.24, 2.45) is 0 Å². The molecule has 0 aliphatic heterocycles. The number of halogens is 1. The molecular weight excluding hydrogens is 398 g/mol. The summed E-state index contributed by atoms with van der Waals surface area (Å²) in [6.07, 6.45) is 1.37. The van der Waals surface area contributed by atoms with Crippen LogP contribution in [-0.4, -0.2) is 34.0 Å². The van der Waals surface area contributed by atoms with E-state index in [1.807, 2.05) is 73.8 Å². The maximum atomic E-state index is 12.2. The second-order valence-electron chi connectivity index (χ2n) is 6.96. The Hall–Kier alpha value is -3.22. The van der Waals surface area contributed by atoms with E-state index in [0.29, 0.717) is 23.0 Å². The molecule has 2 aromatic heterocycles. The van der Waals surface area contributed by atoms with E-state index in [-0.39, 0.29) is 5.78 Å². The molecule has 0 atom stereocenters. The highest BCUT2D eigenvalue weighted by atomic mass is 35.5. The zero-order valence-electron chi connectivity index (χ0n) is 16.6. The van der Waals surface area contributed by atoms with Crippen LogP contribution in [0.3, 0.4) is 0 Å². The molecule has 0 aliphatic rings. The highest BCUT2D eigenvalue weighted by Crippen LogP contribution is 2.23. The molecule has 7 heteroatoms. The summed E-state index contributed by atoms with van der Waals surface area (Å²) in [6.45, 7) is 0.836. The van der Waals surface area contributed by atoms with Gasteiger partial charge in [0.05, 0.1) is 5.69 Å². The summed E-state index contributed by atoms with van der Waals surface area (Å²) in [5.74, 6) is 0.639. The van der Waals surface area contributed by atoms with Gasteiger partial charge >= 0.3 is 0 Å². The van der Waals surface area contributed by atoms with Crippen molar-refractivity contribution in [2.45, 2.75) is 12.8 Å². The van der Waals surface area contributed by atoms with Crippen LogP contribution in [0.1, 0.15) is 23.2 Å². The Morgan fingerprint density at radius 1 is 1.03 bits per heavy atom. The minimum atomic E-state index is 0.148. The van der Waals surface area contributed by atoms with E-state index in [9.17, 15) is 4.79 Å². The predicted molar refractivity (Wildman–Crippen MR) is 121 cm³/mol. The van der Waals surface area contributed by atoms with Crippen LogP contribution in [-0.2, 0) is 0 Å². The first-order valence-corrected chi connectivity index (χ1v) is 10.2. The molecule has 0 unspecified atom stereocenters. The van der Waals surface area contributed by atoms with Crippen LogP contribution in [0.15, 0.2) is 66.7 Å². The lowest BCUT2D eigenvalue weighted by Crippen LogP contribution is -2.10. The van der Waals surface area contributed by atoms with Gasteiger partial charge in [-0.1, -0.05) is 29.8 Å². The van der Waals surface area contributed by atoms with Crippen molar-refractivity contribution in [1.82, 2.24) is 19.9 Å². The van der Waals surface area contributed by atoms with Crippen molar-refractivity contribution in [2.75, 3.05) is 18.9 Å². The Morgan fingerprint density at radius 2 is 1.80 bits per heavy atom. The van der Waals surface area contributed by atoms with Gasteiger partial charge in [-0.25, -0.2) is 4.52 Å². The molecule has 0 fully saturated rings. The number of hydrogen-bond donors (Lipinski definition) is 2. The average Bonchev–Trinajstić information content (AvgIpc) is 3.17. The van der Waals surface area contributed by atoms with E-state index < -0.39 is 0 Å². The van der Waals surface area contributed by atoms with Gasteiger partial charge in [0.2, 0.25) is 5.95 Å². The van der Waals surface area contributed by atoms with Gasteiger partial charge in [0.25, 0.3) is 0 Å². The number of nitrogens with one attached hydrogen (secondary N) is 2. The fourth-order valence-electron chi connectivity index (χ4n) is 3.24. The normalized spacial score (nSPS) is 11.0. The van der Waals surface area contributed by atoms with E-state index in [0.717, 1.165) is 35.6 Å². The molecule has 0 radical (unpaired) electrons. The van der Waals surface area contributed by atoms with E-state index in [1.54, 1.807) is 4.52 Å².